The smallest absolute Gasteiger partial charge is 0.232 e. The number of hydrogen-bond donors (Lipinski definition) is 0. The molecule has 144 valence electrons. The minimum atomic E-state index is -0.278. The monoisotopic (exact) mass is 415 g/mol. The Kier molecular flexibility index (Phi) is 5.17. The first-order chi connectivity index (χ1) is 13.5. The fourth-order valence-electron chi connectivity index (χ4n) is 4.08. The van der Waals surface area contributed by atoms with Crippen LogP contribution < -0.4 is 9.64 Å². The van der Waals surface area contributed by atoms with E-state index in [4.69, 9.17) is 27.9 Å². The molecule has 28 heavy (non-hydrogen) atoms. The highest BCUT2D eigenvalue weighted by Gasteiger charge is 2.40. The molecule has 2 aromatic carbocycles. The molecule has 1 atom stereocenters. The summed E-state index contributed by atoms with van der Waals surface area (Å²) < 4.78 is 5.33. The van der Waals surface area contributed by atoms with E-state index in [1.54, 1.807) is 30.2 Å². The third-order valence-electron chi connectivity index (χ3n) is 5.34. The van der Waals surface area contributed by atoms with E-state index in [0.717, 1.165) is 11.3 Å². The van der Waals surface area contributed by atoms with Crippen LogP contribution in [0.4, 0.5) is 5.69 Å². The van der Waals surface area contributed by atoms with Crippen LogP contribution in [-0.2, 0) is 9.59 Å². The number of anilines is 1. The normalized spacial score (nSPS) is 19.7. The van der Waals surface area contributed by atoms with Gasteiger partial charge in [0.25, 0.3) is 0 Å². The highest BCUT2D eigenvalue weighted by atomic mass is 35.5. The van der Waals surface area contributed by atoms with Gasteiger partial charge < -0.3 is 4.74 Å². The highest BCUT2D eigenvalue weighted by Crippen LogP contribution is 2.46. The minimum absolute atomic E-state index is 0.0877. The molecule has 1 unspecified atom stereocenters. The third-order valence-corrected chi connectivity index (χ3v) is 6.15. The van der Waals surface area contributed by atoms with Crippen LogP contribution in [0.3, 0.4) is 0 Å². The van der Waals surface area contributed by atoms with Crippen LogP contribution in [0.25, 0.3) is 0 Å². The van der Waals surface area contributed by atoms with E-state index in [1.165, 1.54) is 0 Å². The number of ether oxygens (including phenoxy) is 1. The maximum atomic E-state index is 13.2. The molecular formula is C22H19Cl2NO3. The Hall–Kier alpha value is -2.30. The number of ketones is 1. The fraction of sp³-hybridized carbons (Fsp3) is 0.273. The minimum Gasteiger partial charge on any atom is -0.497 e. The Balaban J connectivity index is 1.88. The molecule has 6 heteroatoms. The molecule has 0 saturated heterocycles. The Morgan fingerprint density at radius 1 is 1.07 bits per heavy atom. The molecule has 2 aromatic rings. The van der Waals surface area contributed by atoms with Crippen molar-refractivity contribution in [2.75, 3.05) is 12.0 Å². The van der Waals surface area contributed by atoms with Crippen molar-refractivity contribution in [3.05, 3.63) is 69.3 Å². The van der Waals surface area contributed by atoms with Gasteiger partial charge in [0.2, 0.25) is 5.91 Å². The number of amides is 1. The van der Waals surface area contributed by atoms with Gasteiger partial charge in [0, 0.05) is 30.0 Å². The number of allylic oxidation sites excluding steroid dienone is 2. The third kappa shape index (κ3) is 3.21. The molecule has 1 aliphatic carbocycles. The summed E-state index contributed by atoms with van der Waals surface area (Å²) in [5.74, 6) is 0.422. The molecule has 4 rings (SSSR count). The Morgan fingerprint density at radius 2 is 1.86 bits per heavy atom. The molecule has 0 radical (unpaired) electrons. The number of benzene rings is 2. The van der Waals surface area contributed by atoms with Crippen LogP contribution in [0, 0.1) is 0 Å². The summed E-state index contributed by atoms with van der Waals surface area (Å²) in [6.45, 7) is 0. The topological polar surface area (TPSA) is 46.6 Å². The van der Waals surface area contributed by atoms with Crippen molar-refractivity contribution in [2.45, 2.75) is 31.6 Å². The van der Waals surface area contributed by atoms with Gasteiger partial charge in [-0.1, -0.05) is 41.4 Å². The van der Waals surface area contributed by atoms with Crippen LogP contribution in [0.15, 0.2) is 53.7 Å². The average molecular weight is 416 g/mol. The standard InChI is InChI=1S/C22H19Cl2NO3/c1-28-14-6-2-5-13(11-14)15-12-20(27)25(17-8-4-10-19(26)21(15)17)18-9-3-7-16(23)22(18)24/h2-3,5-7,9,11,15H,4,8,10,12H2,1H3. The maximum absolute atomic E-state index is 13.2. The van der Waals surface area contributed by atoms with Crippen molar-refractivity contribution in [1.82, 2.24) is 0 Å². The van der Waals surface area contributed by atoms with Crippen molar-refractivity contribution in [1.29, 1.82) is 0 Å². The van der Waals surface area contributed by atoms with Crippen LogP contribution >= 0.6 is 23.2 Å². The van der Waals surface area contributed by atoms with Gasteiger partial charge in [0.15, 0.2) is 5.78 Å². The molecule has 0 fully saturated rings. The lowest BCUT2D eigenvalue weighted by atomic mass is 9.77. The van der Waals surface area contributed by atoms with Gasteiger partial charge in [-0.2, -0.15) is 0 Å². The fourth-order valence-corrected chi connectivity index (χ4v) is 4.46. The van der Waals surface area contributed by atoms with Crippen molar-refractivity contribution >= 4 is 40.6 Å². The van der Waals surface area contributed by atoms with Gasteiger partial charge >= 0.3 is 0 Å². The lowest BCUT2D eigenvalue weighted by Crippen LogP contribution is -2.40. The van der Waals surface area contributed by atoms with Crippen molar-refractivity contribution < 1.29 is 14.3 Å². The van der Waals surface area contributed by atoms with E-state index in [9.17, 15) is 9.59 Å². The number of rotatable bonds is 3. The molecule has 0 aromatic heterocycles. The molecule has 2 aliphatic rings. The van der Waals surface area contributed by atoms with Gasteiger partial charge in [-0.25, -0.2) is 0 Å². The van der Waals surface area contributed by atoms with E-state index < -0.39 is 0 Å². The first-order valence-corrected chi connectivity index (χ1v) is 9.94. The van der Waals surface area contributed by atoms with E-state index in [2.05, 4.69) is 0 Å². The number of carbonyl (C=O) groups excluding carboxylic acids is 2. The second-order valence-electron chi connectivity index (χ2n) is 6.97. The van der Waals surface area contributed by atoms with E-state index in [0.29, 0.717) is 46.3 Å². The number of Topliss-reactive ketones (excluding diaryl/α,β-unsaturated/α-hetero) is 1. The molecule has 0 saturated carbocycles. The zero-order chi connectivity index (χ0) is 19.8. The van der Waals surface area contributed by atoms with E-state index >= 15 is 0 Å². The molecule has 1 heterocycles. The second-order valence-corrected chi connectivity index (χ2v) is 7.76. The van der Waals surface area contributed by atoms with E-state index in [-0.39, 0.29) is 24.0 Å². The van der Waals surface area contributed by atoms with Gasteiger partial charge in [-0.05, 0) is 42.7 Å². The predicted octanol–water partition coefficient (Wildman–Crippen LogP) is 5.53. The summed E-state index contributed by atoms with van der Waals surface area (Å²) >= 11 is 12.6. The van der Waals surface area contributed by atoms with Gasteiger partial charge in [-0.15, -0.1) is 0 Å². The summed E-state index contributed by atoms with van der Waals surface area (Å²) in [6, 6.07) is 12.8. The molecule has 1 aliphatic heterocycles. The Morgan fingerprint density at radius 3 is 2.64 bits per heavy atom. The lowest BCUT2D eigenvalue weighted by molar-refractivity contribution is -0.119. The zero-order valence-electron chi connectivity index (χ0n) is 15.4. The van der Waals surface area contributed by atoms with Crippen molar-refractivity contribution in [3.8, 4) is 5.75 Å². The molecule has 0 spiro atoms. The van der Waals surface area contributed by atoms with Crippen molar-refractivity contribution in [3.63, 3.8) is 0 Å². The molecule has 1 amide bonds. The van der Waals surface area contributed by atoms with Crippen LogP contribution in [0.1, 0.15) is 37.2 Å². The van der Waals surface area contributed by atoms with Crippen molar-refractivity contribution in [2.24, 2.45) is 0 Å². The first-order valence-electron chi connectivity index (χ1n) is 9.18. The summed E-state index contributed by atoms with van der Waals surface area (Å²) in [7, 11) is 1.60. The number of nitrogens with zero attached hydrogens (tertiary/aromatic N) is 1. The Bertz CT molecular complexity index is 999. The summed E-state index contributed by atoms with van der Waals surface area (Å²) in [5, 5.41) is 0.702. The molecular weight excluding hydrogens is 397 g/mol. The number of carbonyl (C=O) groups is 2. The first kappa shape index (κ1) is 19.0. The van der Waals surface area contributed by atoms with Crippen LogP contribution in [-0.4, -0.2) is 18.8 Å². The Labute approximate surface area is 173 Å². The predicted molar refractivity (Wildman–Crippen MR) is 110 cm³/mol. The van der Waals surface area contributed by atoms with Gasteiger partial charge in [-0.3, -0.25) is 14.5 Å². The summed E-state index contributed by atoms with van der Waals surface area (Å²) in [4.78, 5) is 27.7. The number of methoxy groups -OCH3 is 1. The zero-order valence-corrected chi connectivity index (χ0v) is 16.9. The van der Waals surface area contributed by atoms with Gasteiger partial charge in [0.05, 0.1) is 22.8 Å². The molecule has 0 N–H and O–H groups in total. The summed E-state index contributed by atoms with van der Waals surface area (Å²) in [6.07, 6.45) is 2.05. The van der Waals surface area contributed by atoms with Crippen LogP contribution in [0.2, 0.25) is 10.0 Å². The average Bonchev–Trinajstić information content (AvgIpc) is 2.70. The quantitative estimate of drug-likeness (QED) is 0.661. The largest absolute Gasteiger partial charge is 0.497 e. The summed E-state index contributed by atoms with van der Waals surface area (Å²) in [5.41, 5.74) is 2.89. The van der Waals surface area contributed by atoms with E-state index in [1.807, 2.05) is 24.3 Å². The lowest BCUT2D eigenvalue weighted by Gasteiger charge is -2.38. The SMILES string of the molecule is COc1cccc(C2CC(=O)N(c3cccc(Cl)c3Cl)C3=C2C(=O)CCC3)c1. The highest BCUT2D eigenvalue weighted by molar-refractivity contribution is 6.44. The number of halogens is 2. The van der Waals surface area contributed by atoms with Crippen LogP contribution in [0.5, 0.6) is 5.75 Å². The molecule has 0 bridgehead atoms. The maximum Gasteiger partial charge on any atom is 0.232 e. The van der Waals surface area contributed by atoms with Gasteiger partial charge in [0.1, 0.15) is 5.75 Å². The number of hydrogen-bond acceptors (Lipinski definition) is 3. The second kappa shape index (κ2) is 7.61. The molecule has 4 nitrogen and oxygen atoms in total.